The predicted molar refractivity (Wildman–Crippen MR) is 87.2 cm³/mol. The second kappa shape index (κ2) is 6.24. The number of nitrogens with zero attached hydrogens (tertiary/aromatic N) is 1. The number of nitriles is 1. The lowest BCUT2D eigenvalue weighted by atomic mass is 10.1. The SMILES string of the molecule is COc1ccc2cc(C(=O)NCc3cccc(C#N)c3)[nH]c2c1. The minimum absolute atomic E-state index is 0.192. The van der Waals surface area contributed by atoms with Gasteiger partial charge in [-0.1, -0.05) is 12.1 Å². The van der Waals surface area contributed by atoms with Gasteiger partial charge in [0.05, 0.1) is 18.7 Å². The molecule has 1 aromatic heterocycles. The number of methoxy groups -OCH3 is 1. The Kier molecular flexibility index (Phi) is 3.98. The molecule has 0 fully saturated rings. The third-order valence-corrected chi connectivity index (χ3v) is 3.58. The quantitative estimate of drug-likeness (QED) is 0.778. The zero-order valence-corrected chi connectivity index (χ0v) is 12.6. The van der Waals surface area contributed by atoms with Crippen LogP contribution in [0.2, 0.25) is 0 Å². The van der Waals surface area contributed by atoms with Crippen molar-refractivity contribution in [2.75, 3.05) is 7.11 Å². The molecule has 2 N–H and O–H groups in total. The zero-order chi connectivity index (χ0) is 16.2. The molecule has 5 heteroatoms. The van der Waals surface area contributed by atoms with Gasteiger partial charge in [0.1, 0.15) is 11.4 Å². The van der Waals surface area contributed by atoms with E-state index in [9.17, 15) is 4.79 Å². The Morgan fingerprint density at radius 1 is 1.26 bits per heavy atom. The maximum absolute atomic E-state index is 12.3. The number of fused-ring (bicyclic) bond motifs is 1. The van der Waals surface area contributed by atoms with Gasteiger partial charge in [0.2, 0.25) is 0 Å². The number of hydrogen-bond donors (Lipinski definition) is 2. The topological polar surface area (TPSA) is 77.9 Å². The molecule has 0 aliphatic carbocycles. The van der Waals surface area contributed by atoms with Gasteiger partial charge >= 0.3 is 0 Å². The van der Waals surface area contributed by atoms with Gasteiger partial charge in [-0.25, -0.2) is 0 Å². The first kappa shape index (κ1) is 14.7. The molecule has 1 amide bonds. The van der Waals surface area contributed by atoms with E-state index in [-0.39, 0.29) is 5.91 Å². The van der Waals surface area contributed by atoms with Gasteiger partial charge < -0.3 is 15.0 Å². The Balaban J connectivity index is 1.74. The van der Waals surface area contributed by atoms with E-state index in [4.69, 9.17) is 10.00 Å². The first-order valence-electron chi connectivity index (χ1n) is 7.13. The minimum Gasteiger partial charge on any atom is -0.497 e. The number of rotatable bonds is 4. The van der Waals surface area contributed by atoms with E-state index in [2.05, 4.69) is 16.4 Å². The average molecular weight is 305 g/mol. The minimum atomic E-state index is -0.192. The molecule has 0 spiro atoms. The lowest BCUT2D eigenvalue weighted by Gasteiger charge is -2.04. The summed E-state index contributed by atoms with van der Waals surface area (Å²) >= 11 is 0. The van der Waals surface area contributed by atoms with Gasteiger partial charge in [0.25, 0.3) is 5.91 Å². The molecule has 0 aliphatic rings. The Morgan fingerprint density at radius 3 is 2.91 bits per heavy atom. The van der Waals surface area contributed by atoms with E-state index in [1.165, 1.54) is 0 Å². The molecule has 0 unspecified atom stereocenters. The van der Waals surface area contributed by atoms with E-state index in [0.29, 0.717) is 17.8 Å². The second-order valence-electron chi connectivity index (χ2n) is 5.13. The van der Waals surface area contributed by atoms with Crippen LogP contribution in [0.3, 0.4) is 0 Å². The number of ether oxygens (including phenoxy) is 1. The van der Waals surface area contributed by atoms with Crippen LogP contribution in [0.4, 0.5) is 0 Å². The number of hydrogen-bond acceptors (Lipinski definition) is 3. The first-order chi connectivity index (χ1) is 11.2. The van der Waals surface area contributed by atoms with Crippen molar-refractivity contribution in [3.63, 3.8) is 0 Å². The molecule has 0 aliphatic heterocycles. The maximum Gasteiger partial charge on any atom is 0.267 e. The Labute approximate surface area is 133 Å². The largest absolute Gasteiger partial charge is 0.497 e. The average Bonchev–Trinajstić information content (AvgIpc) is 3.03. The van der Waals surface area contributed by atoms with Crippen LogP contribution >= 0.6 is 0 Å². The summed E-state index contributed by atoms with van der Waals surface area (Å²) in [5.41, 5.74) is 2.80. The van der Waals surface area contributed by atoms with E-state index >= 15 is 0 Å². The van der Waals surface area contributed by atoms with Gasteiger partial charge in [-0.05, 0) is 35.9 Å². The summed E-state index contributed by atoms with van der Waals surface area (Å²) in [5, 5.41) is 12.7. The van der Waals surface area contributed by atoms with Crippen molar-refractivity contribution in [2.45, 2.75) is 6.54 Å². The monoisotopic (exact) mass is 305 g/mol. The van der Waals surface area contributed by atoms with Crippen LogP contribution < -0.4 is 10.1 Å². The van der Waals surface area contributed by atoms with Gasteiger partial charge in [-0.3, -0.25) is 4.79 Å². The van der Waals surface area contributed by atoms with Crippen molar-refractivity contribution in [1.82, 2.24) is 10.3 Å². The molecule has 0 saturated carbocycles. The van der Waals surface area contributed by atoms with Gasteiger partial charge in [-0.2, -0.15) is 5.26 Å². The van der Waals surface area contributed by atoms with Gasteiger partial charge in [0.15, 0.2) is 0 Å². The number of amides is 1. The number of aromatic amines is 1. The molecule has 0 atom stereocenters. The number of carbonyl (C=O) groups excluding carboxylic acids is 1. The van der Waals surface area contributed by atoms with Crippen LogP contribution in [0.25, 0.3) is 10.9 Å². The molecule has 0 radical (unpaired) electrons. The maximum atomic E-state index is 12.3. The molecule has 1 heterocycles. The van der Waals surface area contributed by atoms with E-state index in [1.807, 2.05) is 24.3 Å². The predicted octanol–water partition coefficient (Wildman–Crippen LogP) is 2.98. The van der Waals surface area contributed by atoms with E-state index in [0.717, 1.165) is 22.2 Å². The van der Waals surface area contributed by atoms with E-state index < -0.39 is 0 Å². The summed E-state index contributed by atoms with van der Waals surface area (Å²) in [7, 11) is 1.60. The van der Waals surface area contributed by atoms with Crippen LogP contribution in [0, 0.1) is 11.3 Å². The van der Waals surface area contributed by atoms with Crippen LogP contribution in [0.5, 0.6) is 5.75 Å². The number of nitrogens with one attached hydrogen (secondary N) is 2. The van der Waals surface area contributed by atoms with Crippen molar-refractivity contribution in [1.29, 1.82) is 5.26 Å². The highest BCUT2D eigenvalue weighted by atomic mass is 16.5. The molecule has 5 nitrogen and oxygen atoms in total. The van der Waals surface area contributed by atoms with Crippen LogP contribution in [0.1, 0.15) is 21.6 Å². The summed E-state index contributed by atoms with van der Waals surface area (Å²) in [6, 6.07) is 16.7. The Bertz CT molecular complexity index is 906. The van der Waals surface area contributed by atoms with Gasteiger partial charge in [0, 0.05) is 23.5 Å². The number of carbonyl (C=O) groups is 1. The molecule has 3 rings (SSSR count). The molecule has 114 valence electrons. The number of aromatic nitrogens is 1. The Morgan fingerprint density at radius 2 is 2.13 bits per heavy atom. The normalized spacial score (nSPS) is 10.3. The standard InChI is InChI=1S/C18H15N3O2/c1-23-15-6-5-14-8-17(21-16(14)9-15)18(22)20-11-13-4-2-3-12(7-13)10-19/h2-9,21H,11H2,1H3,(H,20,22). The summed E-state index contributed by atoms with van der Waals surface area (Å²) in [4.78, 5) is 15.3. The van der Waals surface area contributed by atoms with Crippen LogP contribution in [0.15, 0.2) is 48.5 Å². The molecular weight excluding hydrogens is 290 g/mol. The summed E-state index contributed by atoms with van der Waals surface area (Å²) in [6.07, 6.45) is 0. The molecule has 0 bridgehead atoms. The Hall–Kier alpha value is -3.26. The number of benzene rings is 2. The zero-order valence-electron chi connectivity index (χ0n) is 12.6. The summed E-state index contributed by atoms with van der Waals surface area (Å²) in [6.45, 7) is 0.368. The second-order valence-corrected chi connectivity index (χ2v) is 5.13. The molecule has 0 saturated heterocycles. The van der Waals surface area contributed by atoms with Crippen molar-refractivity contribution in [3.8, 4) is 11.8 Å². The molecular formula is C18H15N3O2. The molecule has 3 aromatic rings. The third kappa shape index (κ3) is 3.16. The van der Waals surface area contributed by atoms with Crippen molar-refractivity contribution in [2.24, 2.45) is 0 Å². The molecule has 2 aromatic carbocycles. The van der Waals surface area contributed by atoms with Gasteiger partial charge in [-0.15, -0.1) is 0 Å². The van der Waals surface area contributed by atoms with Crippen LogP contribution in [-0.4, -0.2) is 18.0 Å². The highest BCUT2D eigenvalue weighted by Crippen LogP contribution is 2.21. The van der Waals surface area contributed by atoms with Crippen molar-refractivity contribution >= 4 is 16.8 Å². The van der Waals surface area contributed by atoms with Crippen LogP contribution in [-0.2, 0) is 6.54 Å². The smallest absolute Gasteiger partial charge is 0.267 e. The highest BCUT2D eigenvalue weighted by Gasteiger charge is 2.10. The number of H-pyrrole nitrogens is 1. The summed E-state index contributed by atoms with van der Waals surface area (Å²) < 4.78 is 5.17. The fourth-order valence-electron chi connectivity index (χ4n) is 2.38. The lowest BCUT2D eigenvalue weighted by Crippen LogP contribution is -2.23. The van der Waals surface area contributed by atoms with Crippen molar-refractivity contribution in [3.05, 3.63) is 65.4 Å². The van der Waals surface area contributed by atoms with Crippen molar-refractivity contribution < 1.29 is 9.53 Å². The fraction of sp³-hybridized carbons (Fsp3) is 0.111. The first-order valence-corrected chi connectivity index (χ1v) is 7.13. The third-order valence-electron chi connectivity index (χ3n) is 3.58. The van der Waals surface area contributed by atoms with E-state index in [1.54, 1.807) is 31.4 Å². The highest BCUT2D eigenvalue weighted by molar-refractivity contribution is 5.98. The fourth-order valence-corrected chi connectivity index (χ4v) is 2.38. The summed E-state index contributed by atoms with van der Waals surface area (Å²) in [5.74, 6) is 0.544. The lowest BCUT2D eigenvalue weighted by molar-refractivity contribution is 0.0946. The molecule has 23 heavy (non-hydrogen) atoms.